The molecule has 30 heavy (non-hydrogen) atoms. The molecule has 2 atom stereocenters. The molecule has 2 rings (SSSR count). The van der Waals surface area contributed by atoms with Gasteiger partial charge < -0.3 is 17.9 Å². The molecule has 168 valence electrons. The van der Waals surface area contributed by atoms with E-state index in [1.54, 1.807) is 0 Å². The molecular formula is C23H33ClN2O2RuS. The molecule has 4 nitrogen and oxygen atoms in total. The van der Waals surface area contributed by atoms with E-state index in [0.29, 0.717) is 0 Å². The van der Waals surface area contributed by atoms with Crippen molar-refractivity contribution < 1.29 is 25.7 Å². The Hall–Kier alpha value is -0.777. The fourth-order valence-corrected chi connectivity index (χ4v) is 5.51. The van der Waals surface area contributed by atoms with Gasteiger partial charge in [0.2, 0.25) is 0 Å². The van der Waals surface area contributed by atoms with Gasteiger partial charge in [0, 0.05) is 5.75 Å². The Kier molecular flexibility index (Phi) is 13.9. The minimum atomic E-state index is -3.67. The van der Waals surface area contributed by atoms with Crippen molar-refractivity contribution in [3.8, 4) is 0 Å². The maximum atomic E-state index is 13.0. The Balaban J connectivity index is 0.00000272. The molecule has 7 heteroatoms. The Morgan fingerprint density at radius 1 is 0.900 bits per heavy atom. The Labute approximate surface area is 197 Å². The molecule has 0 saturated heterocycles. The van der Waals surface area contributed by atoms with E-state index in [1.807, 2.05) is 98.7 Å². The van der Waals surface area contributed by atoms with Crippen molar-refractivity contribution in [1.29, 1.82) is 0 Å². The summed E-state index contributed by atoms with van der Waals surface area (Å²) in [6.45, 7) is 6.11. The van der Waals surface area contributed by atoms with E-state index in [4.69, 9.17) is 5.73 Å². The van der Waals surface area contributed by atoms with Crippen molar-refractivity contribution in [2.45, 2.75) is 52.1 Å². The number of hydrogen-bond donors (Lipinski definition) is 0. The molecule has 0 aliphatic carbocycles. The molecule has 0 radical (unpaired) electrons. The number of benzene rings is 2. The summed E-state index contributed by atoms with van der Waals surface area (Å²) < 4.78 is 30.3. The molecule has 0 spiro atoms. The van der Waals surface area contributed by atoms with Crippen molar-refractivity contribution in [2.75, 3.05) is 5.75 Å². The van der Waals surface area contributed by atoms with E-state index in [0.717, 1.165) is 30.4 Å². The zero-order valence-electron chi connectivity index (χ0n) is 18.2. The van der Waals surface area contributed by atoms with Crippen LogP contribution in [0.25, 0.3) is 10.5 Å². The third-order valence-electron chi connectivity index (χ3n) is 5.63. The van der Waals surface area contributed by atoms with E-state index in [2.05, 4.69) is 14.4 Å². The molecule has 1 N–H and O–H groups in total. The fraction of sp³-hybridized carbons (Fsp3) is 0.435. The Morgan fingerprint density at radius 3 is 1.70 bits per heavy atom. The van der Waals surface area contributed by atoms with Crippen LogP contribution in [0.5, 0.6) is 0 Å². The summed E-state index contributed by atoms with van der Waals surface area (Å²) >= 11 is 1.82. The van der Waals surface area contributed by atoms with Crippen LogP contribution >= 0.6 is 9.69 Å². The van der Waals surface area contributed by atoms with Crippen LogP contribution in [0.4, 0.5) is 0 Å². The predicted octanol–water partition coefficient (Wildman–Crippen LogP) is 7.58. The molecule has 0 saturated carbocycles. The fourth-order valence-electron chi connectivity index (χ4n) is 3.46. The molecule has 0 aliphatic heterocycles. The summed E-state index contributed by atoms with van der Waals surface area (Å²) in [7, 11) is 0.898. The SMILES string of the molecule is CCC(CC)(CC)CS(=O)(=O)[N-]C(c1ccccc1)C([NH-])c1ccccc1.[CH3-].[Cl][Ru+3]. The summed E-state index contributed by atoms with van der Waals surface area (Å²) in [5.74, 6) is 0.0361. The molecule has 0 bridgehead atoms. The van der Waals surface area contributed by atoms with Crippen LogP contribution in [0.1, 0.15) is 63.2 Å². The van der Waals surface area contributed by atoms with Crippen LogP contribution in [0.2, 0.25) is 0 Å². The average Bonchev–Trinajstić information content (AvgIpc) is 2.78. The molecule has 0 fully saturated rings. The molecule has 2 aromatic rings. The molecule has 2 aromatic carbocycles. The second kappa shape index (κ2) is 14.3. The van der Waals surface area contributed by atoms with E-state index in [9.17, 15) is 8.42 Å². The summed E-state index contributed by atoms with van der Waals surface area (Å²) in [4.78, 5) is 0. The van der Waals surface area contributed by atoms with Gasteiger partial charge in [0.25, 0.3) is 0 Å². The Bertz CT molecular complexity index is 792. The van der Waals surface area contributed by atoms with Crippen LogP contribution in [0.3, 0.4) is 0 Å². The molecule has 0 aromatic heterocycles. The summed E-state index contributed by atoms with van der Waals surface area (Å²) in [6, 6.07) is 17.1. The van der Waals surface area contributed by atoms with E-state index in [-0.39, 0.29) is 18.6 Å². The van der Waals surface area contributed by atoms with Gasteiger partial charge in [0.15, 0.2) is 0 Å². The van der Waals surface area contributed by atoms with Gasteiger partial charge in [-0.1, -0.05) is 92.6 Å². The van der Waals surface area contributed by atoms with Crippen LogP contribution in [0, 0.1) is 12.8 Å². The zero-order valence-corrected chi connectivity index (χ0v) is 21.5. The Morgan fingerprint density at radius 2 is 1.30 bits per heavy atom. The first-order chi connectivity index (χ1) is 13.9. The van der Waals surface area contributed by atoms with Crippen molar-refractivity contribution in [2.24, 2.45) is 5.41 Å². The van der Waals surface area contributed by atoms with Gasteiger partial charge in [0.1, 0.15) is 0 Å². The number of nitrogens with one attached hydrogen (secondary N) is 1. The van der Waals surface area contributed by atoms with Crippen LogP contribution in [-0.4, -0.2) is 14.2 Å². The second-order valence-corrected chi connectivity index (χ2v) is 8.80. The van der Waals surface area contributed by atoms with E-state index < -0.39 is 22.1 Å². The third-order valence-corrected chi connectivity index (χ3v) is 7.15. The number of hydrogen-bond acceptors (Lipinski definition) is 2. The number of rotatable bonds is 10. The summed E-state index contributed by atoms with van der Waals surface area (Å²) in [5.41, 5.74) is 9.95. The molecule has 2 unspecified atom stereocenters. The van der Waals surface area contributed by atoms with Crippen LogP contribution < -0.4 is 0 Å². The summed E-state index contributed by atoms with van der Waals surface area (Å²) in [6.07, 6.45) is 2.40. The number of nitrogens with zero attached hydrogens (tertiary/aromatic N) is 1. The minimum absolute atomic E-state index is 0. The van der Waals surface area contributed by atoms with Gasteiger partial charge >= 0.3 is 27.0 Å². The van der Waals surface area contributed by atoms with Crippen molar-refractivity contribution >= 4 is 19.7 Å². The average molecular weight is 538 g/mol. The van der Waals surface area contributed by atoms with Crippen molar-refractivity contribution in [3.63, 3.8) is 0 Å². The molecule has 0 heterocycles. The first-order valence-electron chi connectivity index (χ1n) is 9.75. The summed E-state index contributed by atoms with van der Waals surface area (Å²) in [5, 5.41) is 0. The van der Waals surface area contributed by atoms with Gasteiger partial charge in [-0.3, -0.25) is 0 Å². The number of halogens is 1. The topological polar surface area (TPSA) is 72.0 Å². The van der Waals surface area contributed by atoms with Crippen LogP contribution in [-0.2, 0) is 27.3 Å². The van der Waals surface area contributed by atoms with Gasteiger partial charge in [-0.25, -0.2) is 8.42 Å². The van der Waals surface area contributed by atoms with E-state index in [1.165, 1.54) is 0 Å². The third kappa shape index (κ3) is 8.39. The van der Waals surface area contributed by atoms with Gasteiger partial charge in [0.05, 0.1) is 10.0 Å². The predicted molar refractivity (Wildman–Crippen MR) is 125 cm³/mol. The second-order valence-electron chi connectivity index (χ2n) is 7.14. The molecule has 0 amide bonds. The normalized spacial score (nSPS) is 13.4. The zero-order chi connectivity index (χ0) is 21.9. The van der Waals surface area contributed by atoms with Crippen molar-refractivity contribution in [1.82, 2.24) is 0 Å². The monoisotopic (exact) mass is 538 g/mol. The first-order valence-corrected chi connectivity index (χ1v) is 13.6. The number of sulfonamides is 1. The standard InChI is InChI=1S/C22H30N2O2S.CH3.ClH.Ru/c1-4-22(5-2,6-3)17-27(25,26)24-21(19-15-11-8-12-16-19)20(23)18-13-9-7-10-14-18;;;/h7-16,20-21,23H,4-6,17H2,1-3H3;1H3;1H;/q-2;-1;;+4/p-1. The molecular weight excluding hydrogens is 505 g/mol. The van der Waals surface area contributed by atoms with Crippen LogP contribution in [0.15, 0.2) is 60.7 Å². The molecule has 0 aliphatic rings. The maximum absolute atomic E-state index is 13.0. The van der Waals surface area contributed by atoms with Gasteiger partial charge in [-0.05, 0) is 24.7 Å². The van der Waals surface area contributed by atoms with Gasteiger partial charge in [-0.15, -0.1) is 12.1 Å². The first kappa shape index (κ1) is 29.2. The van der Waals surface area contributed by atoms with E-state index >= 15 is 0 Å². The quantitative estimate of drug-likeness (QED) is 0.231. The van der Waals surface area contributed by atoms with Crippen molar-refractivity contribution in [3.05, 3.63) is 89.7 Å². The van der Waals surface area contributed by atoms with Gasteiger partial charge in [-0.2, -0.15) is 0 Å².